The number of anilines is 1. The van der Waals surface area contributed by atoms with Crippen LogP contribution in [0.1, 0.15) is 17.0 Å². The molecule has 2 aliphatic rings. The number of fused-ring (bicyclic) bond motifs is 1. The van der Waals surface area contributed by atoms with Gasteiger partial charge in [0, 0.05) is 62.4 Å². The summed E-state index contributed by atoms with van der Waals surface area (Å²) in [6.07, 6.45) is 7.46. The lowest BCUT2D eigenvalue weighted by Crippen LogP contribution is -2.29. The highest BCUT2D eigenvalue weighted by atomic mass is 15.3. The maximum Gasteiger partial charge on any atom is 0.134 e. The molecule has 2 atom stereocenters. The van der Waals surface area contributed by atoms with Crippen LogP contribution in [0.2, 0.25) is 0 Å². The van der Waals surface area contributed by atoms with E-state index in [4.69, 9.17) is 0 Å². The minimum absolute atomic E-state index is 0.732. The van der Waals surface area contributed by atoms with Crippen molar-refractivity contribution in [2.75, 3.05) is 31.1 Å². The largest absolute Gasteiger partial charge is 0.356 e. The first-order chi connectivity index (χ1) is 11.2. The summed E-state index contributed by atoms with van der Waals surface area (Å²) in [7, 11) is 0. The lowest BCUT2D eigenvalue weighted by atomic mass is 10.0. The number of nitrogens with zero attached hydrogens (tertiary/aromatic N) is 6. The van der Waals surface area contributed by atoms with Crippen molar-refractivity contribution in [1.82, 2.24) is 24.8 Å². The smallest absolute Gasteiger partial charge is 0.134 e. The summed E-state index contributed by atoms with van der Waals surface area (Å²) in [5.74, 6) is 3.40. The summed E-state index contributed by atoms with van der Waals surface area (Å²) in [4.78, 5) is 22.1. The van der Waals surface area contributed by atoms with Gasteiger partial charge in [-0.25, -0.2) is 19.9 Å². The first kappa shape index (κ1) is 14.5. The topological polar surface area (TPSA) is 58.0 Å². The van der Waals surface area contributed by atoms with Crippen molar-refractivity contribution in [2.45, 2.75) is 20.4 Å². The molecule has 0 saturated carbocycles. The Morgan fingerprint density at radius 1 is 0.957 bits per heavy atom. The molecule has 0 bridgehead atoms. The Kier molecular flexibility index (Phi) is 3.69. The van der Waals surface area contributed by atoms with Crippen LogP contribution in [0.5, 0.6) is 0 Å². The molecule has 2 aromatic heterocycles. The van der Waals surface area contributed by atoms with Gasteiger partial charge in [-0.2, -0.15) is 0 Å². The van der Waals surface area contributed by atoms with Crippen LogP contribution < -0.4 is 4.90 Å². The minimum Gasteiger partial charge on any atom is -0.356 e. The maximum atomic E-state index is 4.47. The van der Waals surface area contributed by atoms with Gasteiger partial charge in [0.2, 0.25) is 0 Å². The van der Waals surface area contributed by atoms with E-state index in [0.29, 0.717) is 0 Å². The Morgan fingerprint density at radius 3 is 2.30 bits per heavy atom. The summed E-state index contributed by atoms with van der Waals surface area (Å²) < 4.78 is 0. The van der Waals surface area contributed by atoms with Crippen molar-refractivity contribution in [2.24, 2.45) is 11.8 Å². The molecular weight excluding hydrogens is 288 g/mol. The normalized spacial score (nSPS) is 24.2. The van der Waals surface area contributed by atoms with Crippen molar-refractivity contribution >= 4 is 5.82 Å². The molecule has 0 N–H and O–H groups in total. The van der Waals surface area contributed by atoms with Crippen LogP contribution >= 0.6 is 0 Å². The van der Waals surface area contributed by atoms with E-state index in [0.717, 1.165) is 56.2 Å². The van der Waals surface area contributed by atoms with E-state index in [1.54, 1.807) is 6.33 Å². The van der Waals surface area contributed by atoms with Crippen molar-refractivity contribution in [3.63, 3.8) is 0 Å². The van der Waals surface area contributed by atoms with Gasteiger partial charge in [0.25, 0.3) is 0 Å². The monoisotopic (exact) mass is 310 g/mol. The van der Waals surface area contributed by atoms with E-state index in [2.05, 4.69) is 36.7 Å². The molecule has 2 fully saturated rings. The third-order valence-electron chi connectivity index (χ3n) is 4.97. The molecule has 2 saturated heterocycles. The van der Waals surface area contributed by atoms with Crippen molar-refractivity contribution in [1.29, 1.82) is 0 Å². The first-order valence-electron chi connectivity index (χ1n) is 8.20. The zero-order valence-electron chi connectivity index (χ0n) is 13.7. The molecule has 0 amide bonds. The fourth-order valence-corrected chi connectivity index (χ4v) is 3.88. The summed E-state index contributed by atoms with van der Waals surface area (Å²) >= 11 is 0. The van der Waals surface area contributed by atoms with Gasteiger partial charge in [-0.3, -0.25) is 4.90 Å². The van der Waals surface area contributed by atoms with Crippen LogP contribution in [0.15, 0.2) is 24.9 Å². The molecule has 6 nitrogen and oxygen atoms in total. The Morgan fingerprint density at radius 2 is 1.65 bits per heavy atom. The molecule has 6 heteroatoms. The lowest BCUT2D eigenvalue weighted by molar-refractivity contribution is 0.308. The fraction of sp³-hybridized carbons (Fsp3) is 0.529. The molecule has 120 valence electrons. The molecule has 0 radical (unpaired) electrons. The van der Waals surface area contributed by atoms with Crippen molar-refractivity contribution in [3.8, 4) is 0 Å². The number of hydrogen-bond donors (Lipinski definition) is 0. The standard InChI is InChI=1S/C17H22N6/c1-12-3-18-11-21-17(12)23-9-15-7-22(8-16(15)10-23)6-14-4-19-13(2)20-5-14/h3-5,11,15-16H,6-10H2,1-2H3. The number of aryl methyl sites for hydroxylation is 2. The van der Waals surface area contributed by atoms with Crippen LogP contribution in [0, 0.1) is 25.7 Å². The molecule has 0 aliphatic carbocycles. The van der Waals surface area contributed by atoms with E-state index in [-0.39, 0.29) is 0 Å². The molecule has 4 rings (SSSR count). The highest BCUT2D eigenvalue weighted by Gasteiger charge is 2.40. The van der Waals surface area contributed by atoms with Gasteiger partial charge in [-0.15, -0.1) is 0 Å². The number of hydrogen-bond acceptors (Lipinski definition) is 6. The van der Waals surface area contributed by atoms with E-state index in [9.17, 15) is 0 Å². The summed E-state index contributed by atoms with van der Waals surface area (Å²) in [5, 5.41) is 0. The SMILES string of the molecule is Cc1ncc(CN2CC3CN(c4ncncc4C)CC3C2)cn1. The molecule has 23 heavy (non-hydrogen) atoms. The van der Waals surface area contributed by atoms with E-state index in [1.807, 2.05) is 25.5 Å². The zero-order valence-corrected chi connectivity index (χ0v) is 13.7. The number of likely N-dealkylation sites (tertiary alicyclic amines) is 1. The fourth-order valence-electron chi connectivity index (χ4n) is 3.88. The Balaban J connectivity index is 1.38. The molecule has 4 heterocycles. The average Bonchev–Trinajstić information content (AvgIpc) is 3.08. The third kappa shape index (κ3) is 2.91. The molecule has 0 aromatic carbocycles. The number of rotatable bonds is 3. The van der Waals surface area contributed by atoms with Gasteiger partial charge in [0.15, 0.2) is 0 Å². The molecule has 2 aliphatic heterocycles. The van der Waals surface area contributed by atoms with Crippen LogP contribution in [0.3, 0.4) is 0 Å². The highest BCUT2D eigenvalue weighted by molar-refractivity contribution is 5.46. The van der Waals surface area contributed by atoms with Gasteiger partial charge in [0.1, 0.15) is 18.0 Å². The Bertz CT molecular complexity index is 672. The van der Waals surface area contributed by atoms with Gasteiger partial charge in [-0.1, -0.05) is 0 Å². The van der Waals surface area contributed by atoms with Gasteiger partial charge in [-0.05, 0) is 25.7 Å². The quantitative estimate of drug-likeness (QED) is 0.855. The van der Waals surface area contributed by atoms with Gasteiger partial charge < -0.3 is 4.90 Å². The predicted octanol–water partition coefficient (Wildman–Crippen LogP) is 1.45. The Labute approximate surface area is 136 Å². The Hall–Kier alpha value is -2.08. The first-order valence-corrected chi connectivity index (χ1v) is 8.20. The maximum absolute atomic E-state index is 4.47. The second-order valence-corrected chi connectivity index (χ2v) is 6.79. The van der Waals surface area contributed by atoms with Crippen LogP contribution in [0.4, 0.5) is 5.82 Å². The molecule has 2 unspecified atom stereocenters. The van der Waals surface area contributed by atoms with Crippen LogP contribution in [-0.4, -0.2) is 51.0 Å². The van der Waals surface area contributed by atoms with E-state index >= 15 is 0 Å². The number of aromatic nitrogens is 4. The third-order valence-corrected chi connectivity index (χ3v) is 4.97. The van der Waals surface area contributed by atoms with Crippen molar-refractivity contribution < 1.29 is 0 Å². The lowest BCUT2D eigenvalue weighted by Gasteiger charge is -2.23. The second kappa shape index (κ2) is 5.85. The van der Waals surface area contributed by atoms with E-state index in [1.165, 1.54) is 11.1 Å². The molecule has 2 aromatic rings. The van der Waals surface area contributed by atoms with Crippen LogP contribution in [0.25, 0.3) is 0 Å². The van der Waals surface area contributed by atoms with Crippen molar-refractivity contribution in [3.05, 3.63) is 41.9 Å². The molecular formula is C17H22N6. The minimum atomic E-state index is 0.732. The predicted molar refractivity (Wildman–Crippen MR) is 88.0 cm³/mol. The second-order valence-electron chi connectivity index (χ2n) is 6.79. The summed E-state index contributed by atoms with van der Waals surface area (Å²) in [6.45, 7) is 9.48. The summed E-state index contributed by atoms with van der Waals surface area (Å²) in [6, 6.07) is 0. The van der Waals surface area contributed by atoms with Crippen LogP contribution in [-0.2, 0) is 6.54 Å². The van der Waals surface area contributed by atoms with Gasteiger partial charge >= 0.3 is 0 Å². The summed E-state index contributed by atoms with van der Waals surface area (Å²) in [5.41, 5.74) is 2.38. The highest BCUT2D eigenvalue weighted by Crippen LogP contribution is 2.34. The average molecular weight is 310 g/mol. The molecule has 0 spiro atoms. The van der Waals surface area contributed by atoms with Gasteiger partial charge in [0.05, 0.1) is 0 Å². The zero-order chi connectivity index (χ0) is 15.8. The van der Waals surface area contributed by atoms with E-state index < -0.39 is 0 Å².